The molecule has 16 heavy (non-hydrogen) atoms. The number of fused-ring (bicyclic) bond motifs is 1. The molecule has 6 heteroatoms. The summed E-state index contributed by atoms with van der Waals surface area (Å²) in [6.45, 7) is 0. The smallest absolute Gasteiger partial charge is 0.336 e. The average Bonchev–Trinajstić information content (AvgIpc) is 2.59. The van der Waals surface area contributed by atoms with Gasteiger partial charge in [-0.05, 0) is 18.2 Å². The molecule has 84 valence electrons. The second-order valence-corrected chi connectivity index (χ2v) is 5.28. The van der Waals surface area contributed by atoms with Gasteiger partial charge in [0.2, 0.25) is 10.0 Å². The lowest BCUT2D eigenvalue weighted by molar-refractivity contribution is 0.0699. The van der Waals surface area contributed by atoms with Crippen molar-refractivity contribution in [2.24, 2.45) is 0 Å². The predicted octanol–water partition coefficient (Wildman–Crippen LogP) is 1.15. The first-order valence-electron chi connectivity index (χ1n) is 4.45. The van der Waals surface area contributed by atoms with Gasteiger partial charge >= 0.3 is 5.97 Å². The highest BCUT2D eigenvalue weighted by atomic mass is 32.2. The molecule has 1 aromatic heterocycles. The lowest BCUT2D eigenvalue weighted by Gasteiger charge is -2.02. The number of hydrogen-bond acceptors (Lipinski definition) is 3. The molecule has 0 amide bonds. The topological polar surface area (TPSA) is 76.4 Å². The molecule has 1 aromatic carbocycles. The van der Waals surface area contributed by atoms with Crippen LogP contribution in [0, 0.1) is 0 Å². The molecule has 0 atom stereocenters. The molecular weight excluding hydrogens is 230 g/mol. The number of carboxylic acids is 1. The molecule has 0 saturated carbocycles. The van der Waals surface area contributed by atoms with E-state index in [1.807, 2.05) is 0 Å². The quantitative estimate of drug-likeness (QED) is 0.852. The van der Waals surface area contributed by atoms with Crippen LogP contribution in [0.4, 0.5) is 0 Å². The van der Waals surface area contributed by atoms with Crippen molar-refractivity contribution < 1.29 is 18.3 Å². The number of benzene rings is 1. The van der Waals surface area contributed by atoms with Crippen LogP contribution in [0.5, 0.6) is 0 Å². The summed E-state index contributed by atoms with van der Waals surface area (Å²) < 4.78 is 23.9. The van der Waals surface area contributed by atoms with Crippen molar-refractivity contribution in [3.05, 3.63) is 36.0 Å². The number of rotatable bonds is 2. The van der Waals surface area contributed by atoms with Crippen LogP contribution in [-0.2, 0) is 10.0 Å². The SMILES string of the molecule is CS(=O)(=O)n1ccc2c(C(=O)O)cccc21. The molecule has 0 aliphatic rings. The number of hydrogen-bond donors (Lipinski definition) is 1. The first kappa shape index (κ1) is 10.7. The van der Waals surface area contributed by atoms with E-state index in [1.165, 1.54) is 24.4 Å². The van der Waals surface area contributed by atoms with Crippen LogP contribution in [0.1, 0.15) is 10.4 Å². The molecule has 0 aliphatic heterocycles. The Morgan fingerprint density at radius 1 is 1.31 bits per heavy atom. The van der Waals surface area contributed by atoms with Gasteiger partial charge in [-0.2, -0.15) is 0 Å². The molecule has 1 N–H and O–H groups in total. The number of carbonyl (C=O) groups is 1. The third-order valence-electron chi connectivity index (χ3n) is 2.28. The molecule has 0 radical (unpaired) electrons. The summed E-state index contributed by atoms with van der Waals surface area (Å²) in [5.74, 6) is -1.07. The van der Waals surface area contributed by atoms with E-state index < -0.39 is 16.0 Å². The summed E-state index contributed by atoms with van der Waals surface area (Å²) >= 11 is 0. The van der Waals surface area contributed by atoms with E-state index in [1.54, 1.807) is 6.07 Å². The maximum absolute atomic E-state index is 11.4. The minimum Gasteiger partial charge on any atom is -0.478 e. The normalized spacial score (nSPS) is 11.8. The molecule has 2 rings (SSSR count). The second kappa shape index (κ2) is 3.34. The molecule has 0 spiro atoms. The monoisotopic (exact) mass is 239 g/mol. The number of aromatic nitrogens is 1. The van der Waals surface area contributed by atoms with E-state index in [0.717, 1.165) is 10.2 Å². The third-order valence-corrected chi connectivity index (χ3v) is 3.32. The maximum atomic E-state index is 11.4. The fourth-order valence-electron chi connectivity index (χ4n) is 1.62. The molecule has 0 fully saturated rings. The highest BCUT2D eigenvalue weighted by Crippen LogP contribution is 2.21. The van der Waals surface area contributed by atoms with Gasteiger partial charge in [-0.15, -0.1) is 0 Å². The van der Waals surface area contributed by atoms with Crippen molar-refractivity contribution in [1.82, 2.24) is 3.97 Å². The Labute approximate surface area is 92.0 Å². The summed E-state index contributed by atoms with van der Waals surface area (Å²) in [7, 11) is -3.40. The fraction of sp³-hybridized carbons (Fsp3) is 0.100. The van der Waals surface area contributed by atoms with Gasteiger partial charge in [0.15, 0.2) is 0 Å². The Kier molecular flexibility index (Phi) is 2.23. The molecule has 0 aliphatic carbocycles. The zero-order chi connectivity index (χ0) is 11.9. The highest BCUT2D eigenvalue weighted by Gasteiger charge is 2.14. The van der Waals surface area contributed by atoms with E-state index >= 15 is 0 Å². The van der Waals surface area contributed by atoms with Gasteiger partial charge in [0.25, 0.3) is 0 Å². The van der Waals surface area contributed by atoms with Crippen LogP contribution in [-0.4, -0.2) is 29.7 Å². The van der Waals surface area contributed by atoms with Gasteiger partial charge in [-0.25, -0.2) is 17.2 Å². The van der Waals surface area contributed by atoms with E-state index in [2.05, 4.69) is 0 Å². The Hall–Kier alpha value is -1.82. The van der Waals surface area contributed by atoms with Crippen LogP contribution in [0.2, 0.25) is 0 Å². The molecule has 2 aromatic rings. The first-order chi connectivity index (χ1) is 7.41. The van der Waals surface area contributed by atoms with Gasteiger partial charge < -0.3 is 5.11 Å². The Morgan fingerprint density at radius 2 is 2.00 bits per heavy atom. The lowest BCUT2D eigenvalue weighted by Crippen LogP contribution is -2.08. The average molecular weight is 239 g/mol. The van der Waals surface area contributed by atoms with E-state index in [0.29, 0.717) is 10.9 Å². The Bertz CT molecular complexity index is 669. The van der Waals surface area contributed by atoms with Crippen LogP contribution in [0.25, 0.3) is 10.9 Å². The van der Waals surface area contributed by atoms with Crippen molar-refractivity contribution in [3.8, 4) is 0 Å². The molecule has 5 nitrogen and oxygen atoms in total. The van der Waals surface area contributed by atoms with Gasteiger partial charge in [0.1, 0.15) is 0 Å². The molecule has 0 saturated heterocycles. The number of nitrogens with zero attached hydrogens (tertiary/aromatic N) is 1. The van der Waals surface area contributed by atoms with Crippen molar-refractivity contribution >= 4 is 26.9 Å². The van der Waals surface area contributed by atoms with Gasteiger partial charge in [0.05, 0.1) is 17.3 Å². The van der Waals surface area contributed by atoms with Crippen molar-refractivity contribution in [2.75, 3.05) is 6.26 Å². The van der Waals surface area contributed by atoms with Crippen LogP contribution < -0.4 is 0 Å². The largest absolute Gasteiger partial charge is 0.478 e. The fourth-order valence-corrected chi connectivity index (χ4v) is 2.42. The van der Waals surface area contributed by atoms with Gasteiger partial charge in [0, 0.05) is 11.6 Å². The summed E-state index contributed by atoms with van der Waals surface area (Å²) in [4.78, 5) is 10.9. The van der Waals surface area contributed by atoms with Crippen molar-refractivity contribution in [2.45, 2.75) is 0 Å². The standard InChI is InChI=1S/C10H9NO4S/c1-16(14,15)11-6-5-7-8(10(12)13)3-2-4-9(7)11/h2-6H,1H3,(H,12,13). The third kappa shape index (κ3) is 1.57. The molecular formula is C10H9NO4S. The Morgan fingerprint density at radius 3 is 2.56 bits per heavy atom. The summed E-state index contributed by atoms with van der Waals surface area (Å²) in [6.07, 6.45) is 2.42. The second-order valence-electron chi connectivity index (χ2n) is 3.42. The summed E-state index contributed by atoms with van der Waals surface area (Å²) in [5, 5.41) is 9.35. The summed E-state index contributed by atoms with van der Waals surface area (Å²) in [5.41, 5.74) is 0.474. The minimum atomic E-state index is -3.40. The predicted molar refractivity (Wildman–Crippen MR) is 59.1 cm³/mol. The van der Waals surface area contributed by atoms with E-state index in [9.17, 15) is 13.2 Å². The van der Waals surface area contributed by atoms with Gasteiger partial charge in [-0.1, -0.05) is 6.07 Å². The lowest BCUT2D eigenvalue weighted by atomic mass is 10.1. The zero-order valence-corrected chi connectivity index (χ0v) is 9.23. The minimum absolute atomic E-state index is 0.0971. The van der Waals surface area contributed by atoms with Crippen LogP contribution in [0.3, 0.4) is 0 Å². The van der Waals surface area contributed by atoms with Crippen molar-refractivity contribution in [3.63, 3.8) is 0 Å². The summed E-state index contributed by atoms with van der Waals surface area (Å²) in [6, 6.07) is 6.02. The van der Waals surface area contributed by atoms with Gasteiger partial charge in [-0.3, -0.25) is 0 Å². The van der Waals surface area contributed by atoms with Crippen LogP contribution >= 0.6 is 0 Å². The van der Waals surface area contributed by atoms with E-state index in [4.69, 9.17) is 5.11 Å². The molecule has 0 unspecified atom stereocenters. The number of aromatic carboxylic acids is 1. The maximum Gasteiger partial charge on any atom is 0.336 e. The Balaban J connectivity index is 2.87. The van der Waals surface area contributed by atoms with Crippen LogP contribution in [0.15, 0.2) is 30.5 Å². The van der Waals surface area contributed by atoms with Crippen molar-refractivity contribution in [1.29, 1.82) is 0 Å². The zero-order valence-electron chi connectivity index (χ0n) is 8.41. The highest BCUT2D eigenvalue weighted by molar-refractivity contribution is 7.89. The van der Waals surface area contributed by atoms with E-state index in [-0.39, 0.29) is 5.56 Å². The molecule has 1 heterocycles. The first-order valence-corrected chi connectivity index (χ1v) is 6.30. The number of carboxylic acid groups (broad SMARTS) is 1. The molecule has 0 bridgehead atoms.